The SMILES string of the molecule is CCc1ccc(-c2cnc3[nH]cc(C(=O)c4c(F)ccc(NS(=O)N5CCCC5)c4F)c3c2)cc1. The third kappa shape index (κ3) is 4.49. The molecule has 1 saturated heterocycles. The maximum Gasteiger partial charge on any atom is 0.201 e. The molecule has 180 valence electrons. The smallest absolute Gasteiger partial charge is 0.201 e. The number of hydrogen-bond donors (Lipinski definition) is 2. The summed E-state index contributed by atoms with van der Waals surface area (Å²) in [5.41, 5.74) is 2.56. The molecule has 2 aromatic heterocycles. The number of nitrogens with one attached hydrogen (secondary N) is 2. The van der Waals surface area contributed by atoms with Crippen molar-refractivity contribution in [1.29, 1.82) is 0 Å². The molecule has 0 aliphatic carbocycles. The zero-order chi connectivity index (χ0) is 24.5. The summed E-state index contributed by atoms with van der Waals surface area (Å²) < 4.78 is 46.8. The summed E-state index contributed by atoms with van der Waals surface area (Å²) in [6.45, 7) is 3.33. The average Bonchev–Trinajstić information content (AvgIpc) is 3.56. The van der Waals surface area contributed by atoms with E-state index in [2.05, 4.69) is 21.6 Å². The summed E-state index contributed by atoms with van der Waals surface area (Å²) >= 11 is -1.68. The molecule has 35 heavy (non-hydrogen) atoms. The Bertz CT molecular complexity index is 1430. The van der Waals surface area contributed by atoms with Gasteiger partial charge in [0.15, 0.2) is 17.0 Å². The molecule has 1 fully saturated rings. The third-order valence-electron chi connectivity index (χ3n) is 6.29. The highest BCUT2D eigenvalue weighted by Gasteiger charge is 2.26. The van der Waals surface area contributed by atoms with Crippen LogP contribution in [0.3, 0.4) is 0 Å². The molecule has 5 rings (SSSR count). The minimum atomic E-state index is -1.68. The standard InChI is InChI=1S/C26H24F2N4O2S/c1-2-16-5-7-17(8-6-16)18-13-19-20(15-30-26(19)29-14-18)25(33)23-21(27)9-10-22(24(23)28)31-35(34)32-11-3-4-12-32/h5-10,13-15,31H,2-4,11-12H2,1H3,(H,29,30). The second kappa shape index (κ2) is 9.67. The third-order valence-corrected chi connectivity index (χ3v) is 7.51. The van der Waals surface area contributed by atoms with E-state index in [0.717, 1.165) is 42.5 Å². The summed E-state index contributed by atoms with van der Waals surface area (Å²) in [4.78, 5) is 20.6. The van der Waals surface area contributed by atoms with Crippen LogP contribution >= 0.6 is 0 Å². The van der Waals surface area contributed by atoms with Gasteiger partial charge < -0.3 is 4.98 Å². The molecule has 1 unspecified atom stereocenters. The number of fused-ring (bicyclic) bond motifs is 1. The molecular weight excluding hydrogens is 470 g/mol. The van der Waals surface area contributed by atoms with Crippen LogP contribution in [0.4, 0.5) is 14.5 Å². The number of rotatable bonds is 7. The molecule has 2 aromatic carbocycles. The van der Waals surface area contributed by atoms with E-state index in [0.29, 0.717) is 24.1 Å². The largest absolute Gasteiger partial charge is 0.345 e. The molecule has 0 radical (unpaired) electrons. The maximum atomic E-state index is 15.3. The van der Waals surface area contributed by atoms with E-state index in [9.17, 15) is 13.4 Å². The highest BCUT2D eigenvalue weighted by Crippen LogP contribution is 2.30. The van der Waals surface area contributed by atoms with E-state index in [1.54, 1.807) is 16.6 Å². The fraction of sp³-hybridized carbons (Fsp3) is 0.231. The van der Waals surface area contributed by atoms with E-state index in [1.165, 1.54) is 11.8 Å². The molecular formula is C26H24F2N4O2S. The van der Waals surface area contributed by atoms with E-state index >= 15 is 4.39 Å². The molecule has 6 nitrogen and oxygen atoms in total. The second-order valence-corrected chi connectivity index (χ2v) is 9.69. The van der Waals surface area contributed by atoms with Crippen molar-refractivity contribution in [1.82, 2.24) is 14.3 Å². The molecule has 0 saturated carbocycles. The minimum absolute atomic E-state index is 0.107. The Morgan fingerprint density at radius 3 is 2.57 bits per heavy atom. The monoisotopic (exact) mass is 494 g/mol. The number of aromatic nitrogens is 2. The van der Waals surface area contributed by atoms with Crippen LogP contribution in [0.1, 0.15) is 41.3 Å². The Hall–Kier alpha value is -3.43. The number of aromatic amines is 1. The van der Waals surface area contributed by atoms with Crippen molar-refractivity contribution in [3.05, 3.63) is 83.2 Å². The first kappa shape index (κ1) is 23.3. The lowest BCUT2D eigenvalue weighted by Crippen LogP contribution is -2.27. The molecule has 1 atom stereocenters. The van der Waals surface area contributed by atoms with Gasteiger partial charge in [0, 0.05) is 42.0 Å². The van der Waals surface area contributed by atoms with Gasteiger partial charge in [-0.3, -0.25) is 9.52 Å². The Kier molecular flexibility index (Phi) is 6.44. The van der Waals surface area contributed by atoms with Crippen LogP contribution in [0, 0.1) is 11.6 Å². The van der Waals surface area contributed by atoms with Crippen LogP contribution in [0.25, 0.3) is 22.2 Å². The van der Waals surface area contributed by atoms with Gasteiger partial charge >= 0.3 is 0 Å². The van der Waals surface area contributed by atoms with Crippen molar-refractivity contribution in [2.75, 3.05) is 17.8 Å². The van der Waals surface area contributed by atoms with Gasteiger partial charge in [0.1, 0.15) is 11.5 Å². The quantitative estimate of drug-likeness (QED) is 0.338. The summed E-state index contributed by atoms with van der Waals surface area (Å²) in [5.74, 6) is -2.88. The summed E-state index contributed by atoms with van der Waals surface area (Å²) in [7, 11) is 0. The zero-order valence-corrected chi connectivity index (χ0v) is 19.9. The number of ketones is 1. The Balaban J connectivity index is 1.50. The Labute approximate surface area is 204 Å². The fourth-order valence-electron chi connectivity index (χ4n) is 4.27. The van der Waals surface area contributed by atoms with E-state index < -0.39 is 34.2 Å². The lowest BCUT2D eigenvalue weighted by molar-refractivity contribution is 0.103. The van der Waals surface area contributed by atoms with Gasteiger partial charge in [-0.25, -0.2) is 22.3 Å². The fourth-order valence-corrected chi connectivity index (χ4v) is 5.33. The molecule has 2 N–H and O–H groups in total. The molecule has 0 spiro atoms. The molecule has 4 aromatic rings. The van der Waals surface area contributed by atoms with Crippen LogP contribution in [0.5, 0.6) is 0 Å². The summed E-state index contributed by atoms with van der Waals surface area (Å²) in [6.07, 6.45) is 5.83. The first-order valence-electron chi connectivity index (χ1n) is 11.5. The van der Waals surface area contributed by atoms with Crippen LogP contribution in [-0.4, -0.2) is 37.4 Å². The van der Waals surface area contributed by atoms with Gasteiger partial charge in [-0.1, -0.05) is 31.2 Å². The van der Waals surface area contributed by atoms with Crippen LogP contribution in [-0.2, 0) is 17.6 Å². The van der Waals surface area contributed by atoms with Crippen LogP contribution in [0.2, 0.25) is 0 Å². The predicted molar refractivity (Wildman–Crippen MR) is 133 cm³/mol. The maximum absolute atomic E-state index is 15.3. The second-order valence-electron chi connectivity index (χ2n) is 8.47. The molecule has 3 heterocycles. The van der Waals surface area contributed by atoms with E-state index in [4.69, 9.17) is 0 Å². The number of halogens is 2. The predicted octanol–water partition coefficient (Wildman–Crippen LogP) is 5.39. The molecule has 1 aliphatic heterocycles. The van der Waals surface area contributed by atoms with E-state index in [1.807, 2.05) is 24.3 Å². The van der Waals surface area contributed by atoms with Crippen molar-refractivity contribution in [2.45, 2.75) is 26.2 Å². The summed E-state index contributed by atoms with van der Waals surface area (Å²) in [6, 6.07) is 12.0. The number of hydrogen-bond acceptors (Lipinski definition) is 3. The first-order valence-corrected chi connectivity index (χ1v) is 12.6. The van der Waals surface area contributed by atoms with Gasteiger partial charge in [-0.05, 0) is 48.6 Å². The van der Waals surface area contributed by atoms with Gasteiger partial charge in [-0.2, -0.15) is 0 Å². The molecule has 1 aliphatic rings. The van der Waals surface area contributed by atoms with Gasteiger partial charge in [0.25, 0.3) is 0 Å². The molecule has 0 amide bonds. The topological polar surface area (TPSA) is 78.1 Å². The number of carbonyl (C=O) groups excluding carboxylic acids is 1. The van der Waals surface area contributed by atoms with Gasteiger partial charge in [-0.15, -0.1) is 0 Å². The number of carbonyl (C=O) groups is 1. The minimum Gasteiger partial charge on any atom is -0.345 e. The molecule has 0 bridgehead atoms. The highest BCUT2D eigenvalue weighted by atomic mass is 32.2. The Morgan fingerprint density at radius 1 is 1.11 bits per heavy atom. The number of benzene rings is 2. The van der Waals surface area contributed by atoms with Crippen molar-refractivity contribution in [3.63, 3.8) is 0 Å². The van der Waals surface area contributed by atoms with Gasteiger partial charge in [0.2, 0.25) is 5.78 Å². The number of pyridine rings is 1. The van der Waals surface area contributed by atoms with E-state index in [-0.39, 0.29) is 11.3 Å². The summed E-state index contributed by atoms with van der Waals surface area (Å²) in [5, 5.41) is 0.463. The van der Waals surface area contributed by atoms with Crippen molar-refractivity contribution in [2.24, 2.45) is 0 Å². The number of anilines is 1. The van der Waals surface area contributed by atoms with Crippen molar-refractivity contribution < 1.29 is 17.8 Å². The van der Waals surface area contributed by atoms with Crippen molar-refractivity contribution in [3.8, 4) is 11.1 Å². The number of nitrogens with zero attached hydrogens (tertiary/aromatic N) is 2. The lowest BCUT2D eigenvalue weighted by atomic mass is 9.99. The number of aryl methyl sites for hydroxylation is 1. The first-order chi connectivity index (χ1) is 17.0. The Morgan fingerprint density at radius 2 is 1.86 bits per heavy atom. The van der Waals surface area contributed by atoms with Crippen LogP contribution in [0.15, 0.2) is 54.9 Å². The van der Waals surface area contributed by atoms with Crippen molar-refractivity contribution >= 4 is 33.7 Å². The average molecular weight is 495 g/mol. The molecule has 9 heteroatoms. The lowest BCUT2D eigenvalue weighted by Gasteiger charge is -2.16. The van der Waals surface area contributed by atoms with Gasteiger partial charge in [0.05, 0.1) is 11.3 Å². The highest BCUT2D eigenvalue weighted by molar-refractivity contribution is 7.84. The zero-order valence-electron chi connectivity index (χ0n) is 19.1. The van der Waals surface area contributed by atoms with Crippen LogP contribution < -0.4 is 4.72 Å². The normalized spacial score (nSPS) is 14.9. The number of H-pyrrole nitrogens is 1.